The van der Waals surface area contributed by atoms with Crippen molar-refractivity contribution in [3.05, 3.63) is 23.8 Å². The predicted molar refractivity (Wildman–Crippen MR) is 79.5 cm³/mol. The zero-order chi connectivity index (χ0) is 13.7. The number of ether oxygens (including phenoxy) is 2. The van der Waals surface area contributed by atoms with Gasteiger partial charge in [0.2, 0.25) is 0 Å². The van der Waals surface area contributed by atoms with E-state index in [1.807, 2.05) is 25.1 Å². The van der Waals surface area contributed by atoms with Crippen molar-refractivity contribution in [2.24, 2.45) is 0 Å². The molecule has 1 aromatic carbocycles. The second-order valence-electron chi connectivity index (χ2n) is 4.76. The number of nitrogens with one attached hydrogen (secondary N) is 1. The molecule has 5 nitrogen and oxygen atoms in total. The third-order valence-electron chi connectivity index (χ3n) is 3.30. The molecule has 1 aliphatic rings. The number of H-pyrrole nitrogens is 1. The lowest BCUT2D eigenvalue weighted by atomic mass is 10.2. The first-order valence-electron chi connectivity index (χ1n) is 6.36. The van der Waals surface area contributed by atoms with Crippen LogP contribution in [0.2, 0.25) is 0 Å². The number of anilines is 1. The Bertz CT molecular complexity index is 763. The second kappa shape index (κ2) is 4.14. The summed E-state index contributed by atoms with van der Waals surface area (Å²) in [5.74, 6) is 2.35. The van der Waals surface area contributed by atoms with E-state index in [1.54, 1.807) is 0 Å². The van der Waals surface area contributed by atoms with Gasteiger partial charge in [0.1, 0.15) is 19.0 Å². The quantitative estimate of drug-likeness (QED) is 0.721. The maximum atomic E-state index is 5.85. The van der Waals surface area contributed by atoms with Crippen molar-refractivity contribution in [2.45, 2.75) is 6.92 Å². The summed E-state index contributed by atoms with van der Waals surface area (Å²) in [7, 11) is 0. The van der Waals surface area contributed by atoms with Gasteiger partial charge >= 0.3 is 0 Å². The molecular weight excluding hydrogens is 274 g/mol. The van der Waals surface area contributed by atoms with Gasteiger partial charge in [-0.05, 0) is 18.6 Å². The Kier molecular flexibility index (Phi) is 2.40. The van der Waals surface area contributed by atoms with Crippen LogP contribution in [0.5, 0.6) is 11.5 Å². The number of benzene rings is 1. The number of imidazole rings is 1. The number of hydrogen-bond donors (Lipinski definition) is 2. The first-order valence-corrected chi connectivity index (χ1v) is 7.18. The molecule has 3 heterocycles. The molecule has 1 aliphatic heterocycles. The van der Waals surface area contributed by atoms with Crippen molar-refractivity contribution in [2.75, 3.05) is 18.9 Å². The van der Waals surface area contributed by atoms with Gasteiger partial charge in [0, 0.05) is 12.1 Å². The van der Waals surface area contributed by atoms with Crippen LogP contribution in [0.25, 0.3) is 21.7 Å². The number of nitrogens with zero attached hydrogens (tertiary/aromatic N) is 1. The summed E-state index contributed by atoms with van der Waals surface area (Å²) >= 11 is 1.54. The Morgan fingerprint density at radius 3 is 2.65 bits per heavy atom. The van der Waals surface area contributed by atoms with Crippen LogP contribution in [0.15, 0.2) is 18.2 Å². The van der Waals surface area contributed by atoms with Crippen LogP contribution in [0.3, 0.4) is 0 Å². The molecule has 6 heteroatoms. The number of fused-ring (bicyclic) bond motifs is 2. The average molecular weight is 287 g/mol. The fourth-order valence-electron chi connectivity index (χ4n) is 2.40. The minimum Gasteiger partial charge on any atom is -0.486 e. The lowest BCUT2D eigenvalue weighted by Gasteiger charge is -2.17. The maximum Gasteiger partial charge on any atom is 0.163 e. The minimum atomic E-state index is 0.580. The van der Waals surface area contributed by atoms with Crippen LogP contribution >= 0.6 is 11.3 Å². The lowest BCUT2D eigenvalue weighted by Crippen LogP contribution is -2.15. The molecule has 0 spiro atoms. The van der Waals surface area contributed by atoms with E-state index in [9.17, 15) is 0 Å². The summed E-state index contributed by atoms with van der Waals surface area (Å²) in [5.41, 5.74) is 8.79. The number of aromatic amines is 1. The van der Waals surface area contributed by atoms with Crippen molar-refractivity contribution < 1.29 is 9.47 Å². The molecule has 20 heavy (non-hydrogen) atoms. The third-order valence-corrected chi connectivity index (χ3v) is 4.37. The molecule has 0 bridgehead atoms. The Morgan fingerprint density at radius 1 is 1.20 bits per heavy atom. The van der Waals surface area contributed by atoms with Gasteiger partial charge in [-0.15, -0.1) is 11.3 Å². The van der Waals surface area contributed by atoms with Gasteiger partial charge in [-0.1, -0.05) is 0 Å². The molecule has 0 saturated carbocycles. The number of rotatable bonds is 1. The summed E-state index contributed by atoms with van der Waals surface area (Å²) in [5, 5.41) is 0.795. The Labute approximate surface area is 119 Å². The predicted octanol–water partition coefficient (Wildman–Crippen LogP) is 2.95. The molecule has 0 fully saturated rings. The van der Waals surface area contributed by atoms with E-state index < -0.39 is 0 Å². The van der Waals surface area contributed by atoms with Crippen molar-refractivity contribution in [3.8, 4) is 22.2 Å². The number of aromatic nitrogens is 2. The van der Waals surface area contributed by atoms with Crippen LogP contribution < -0.4 is 15.2 Å². The van der Waals surface area contributed by atoms with Crippen molar-refractivity contribution in [1.29, 1.82) is 0 Å². The van der Waals surface area contributed by atoms with Gasteiger partial charge in [-0.25, -0.2) is 4.98 Å². The molecule has 3 aromatic rings. The Hall–Kier alpha value is -2.21. The number of aryl methyl sites for hydroxylation is 1. The summed E-state index contributed by atoms with van der Waals surface area (Å²) in [6.45, 7) is 3.20. The smallest absolute Gasteiger partial charge is 0.163 e. The second-order valence-corrected chi connectivity index (χ2v) is 5.84. The first kappa shape index (κ1) is 11.6. The van der Waals surface area contributed by atoms with E-state index in [0.717, 1.165) is 43.8 Å². The normalized spacial score (nSPS) is 13.8. The van der Waals surface area contributed by atoms with E-state index in [0.29, 0.717) is 13.2 Å². The molecule has 4 rings (SSSR count). The molecule has 0 aliphatic carbocycles. The van der Waals surface area contributed by atoms with E-state index in [4.69, 9.17) is 15.2 Å². The summed E-state index contributed by atoms with van der Waals surface area (Å²) in [6, 6.07) is 5.81. The fourth-order valence-corrected chi connectivity index (χ4v) is 3.28. The Morgan fingerprint density at radius 2 is 1.95 bits per heavy atom. The van der Waals surface area contributed by atoms with E-state index in [2.05, 4.69) is 9.97 Å². The highest BCUT2D eigenvalue weighted by molar-refractivity contribution is 7.19. The van der Waals surface area contributed by atoms with Crippen molar-refractivity contribution >= 4 is 27.4 Å². The standard InChI is InChI=1S/C14H13N3O2S/c1-7-4-12(15)20-13(7)14-16-8-5-10-11(6-9(8)17-14)19-3-2-18-10/h4-6H,2-3,15H2,1H3,(H,16,17). The van der Waals surface area contributed by atoms with Gasteiger partial charge in [0.25, 0.3) is 0 Å². The number of nitrogen functional groups attached to an aromatic ring is 1. The summed E-state index contributed by atoms with van der Waals surface area (Å²) in [4.78, 5) is 9.02. The fraction of sp³-hybridized carbons (Fsp3) is 0.214. The van der Waals surface area contributed by atoms with Crippen LogP contribution in [-0.2, 0) is 0 Å². The molecule has 2 aromatic heterocycles. The molecule has 0 amide bonds. The number of thiophene rings is 1. The zero-order valence-corrected chi connectivity index (χ0v) is 11.7. The zero-order valence-electron chi connectivity index (χ0n) is 10.9. The monoisotopic (exact) mass is 287 g/mol. The summed E-state index contributed by atoms with van der Waals surface area (Å²) in [6.07, 6.45) is 0. The van der Waals surface area contributed by atoms with Crippen LogP contribution in [0.4, 0.5) is 5.00 Å². The van der Waals surface area contributed by atoms with Crippen LogP contribution in [0, 0.1) is 6.92 Å². The van der Waals surface area contributed by atoms with Crippen LogP contribution in [-0.4, -0.2) is 23.2 Å². The van der Waals surface area contributed by atoms with E-state index in [-0.39, 0.29) is 0 Å². The molecule has 0 saturated heterocycles. The minimum absolute atomic E-state index is 0.580. The topological polar surface area (TPSA) is 73.2 Å². The molecule has 102 valence electrons. The van der Waals surface area contributed by atoms with Gasteiger partial charge in [-0.2, -0.15) is 0 Å². The molecule has 0 radical (unpaired) electrons. The van der Waals surface area contributed by atoms with Crippen molar-refractivity contribution in [3.63, 3.8) is 0 Å². The Balaban J connectivity index is 1.88. The van der Waals surface area contributed by atoms with E-state index >= 15 is 0 Å². The highest BCUT2D eigenvalue weighted by Crippen LogP contribution is 2.37. The SMILES string of the molecule is Cc1cc(N)sc1-c1nc2cc3c(cc2[nH]1)OCCO3. The molecule has 0 unspecified atom stereocenters. The first-order chi connectivity index (χ1) is 9.70. The van der Waals surface area contributed by atoms with Gasteiger partial charge < -0.3 is 20.2 Å². The van der Waals surface area contributed by atoms with Gasteiger partial charge in [0.15, 0.2) is 11.5 Å². The van der Waals surface area contributed by atoms with Gasteiger partial charge in [0.05, 0.1) is 20.9 Å². The third kappa shape index (κ3) is 1.72. The lowest BCUT2D eigenvalue weighted by molar-refractivity contribution is 0.172. The summed E-state index contributed by atoms with van der Waals surface area (Å²) < 4.78 is 11.2. The number of nitrogens with two attached hydrogens (primary N) is 1. The van der Waals surface area contributed by atoms with E-state index in [1.165, 1.54) is 11.3 Å². The van der Waals surface area contributed by atoms with Gasteiger partial charge in [-0.3, -0.25) is 0 Å². The molecule has 0 atom stereocenters. The molecular formula is C14H13N3O2S. The average Bonchev–Trinajstić information content (AvgIpc) is 2.98. The maximum absolute atomic E-state index is 5.85. The molecule has 3 N–H and O–H groups in total. The highest BCUT2D eigenvalue weighted by Gasteiger charge is 2.16. The van der Waals surface area contributed by atoms with Crippen LogP contribution in [0.1, 0.15) is 5.56 Å². The van der Waals surface area contributed by atoms with Crippen molar-refractivity contribution in [1.82, 2.24) is 9.97 Å². The number of hydrogen-bond acceptors (Lipinski definition) is 5. The highest BCUT2D eigenvalue weighted by atomic mass is 32.1. The largest absolute Gasteiger partial charge is 0.486 e.